The molecule has 6 heteroatoms. The highest BCUT2D eigenvalue weighted by Crippen LogP contribution is 2.47. The average molecular weight is 234 g/mol. The summed E-state index contributed by atoms with van der Waals surface area (Å²) in [5.41, 5.74) is -3.90. The summed E-state index contributed by atoms with van der Waals surface area (Å²) < 4.78 is 0. The van der Waals surface area contributed by atoms with Gasteiger partial charge in [-0.25, -0.2) is 4.79 Å². The summed E-state index contributed by atoms with van der Waals surface area (Å²) >= 11 is 0. The minimum absolute atomic E-state index is 0.212. The predicted molar refractivity (Wildman–Crippen MR) is 55.9 cm³/mol. The first-order valence-corrected chi connectivity index (χ1v) is 5.08. The van der Waals surface area contributed by atoms with Gasteiger partial charge in [0.1, 0.15) is 0 Å². The summed E-state index contributed by atoms with van der Waals surface area (Å²) in [7, 11) is 1.32. The van der Waals surface area contributed by atoms with Crippen LogP contribution in [0.3, 0.4) is 0 Å². The van der Waals surface area contributed by atoms with Gasteiger partial charge in [0.15, 0.2) is 0 Å². The number of rotatable bonds is 0. The number of carbonyl (C=O) groups is 2. The first-order chi connectivity index (χ1) is 7.93. The number of urea groups is 1. The molecule has 2 amide bonds. The minimum Gasteiger partial charge on any atom is -0.363 e. The largest absolute Gasteiger partial charge is 0.363 e. The summed E-state index contributed by atoms with van der Waals surface area (Å²) in [6.45, 7) is 0. The van der Waals surface area contributed by atoms with Crippen molar-refractivity contribution in [2.24, 2.45) is 0 Å². The van der Waals surface area contributed by atoms with Gasteiger partial charge in [-0.05, 0) is 0 Å². The van der Waals surface area contributed by atoms with E-state index in [2.05, 4.69) is 5.32 Å². The molecule has 0 spiro atoms. The number of carbonyl (C=O) groups excluding carboxylic acids is 2. The zero-order valence-corrected chi connectivity index (χ0v) is 8.97. The second-order valence-corrected chi connectivity index (χ2v) is 4.25. The highest BCUT2D eigenvalue weighted by Gasteiger charge is 2.71. The summed E-state index contributed by atoms with van der Waals surface area (Å²) in [5, 5.41) is 22.9. The lowest BCUT2D eigenvalue weighted by Crippen LogP contribution is -2.58. The third-order valence-corrected chi connectivity index (χ3v) is 3.46. The van der Waals surface area contributed by atoms with Crippen molar-refractivity contribution in [3.63, 3.8) is 0 Å². The lowest BCUT2D eigenvalue weighted by molar-refractivity contribution is -0.167. The van der Waals surface area contributed by atoms with Crippen molar-refractivity contribution in [1.29, 1.82) is 0 Å². The number of ketones is 1. The van der Waals surface area contributed by atoms with E-state index in [1.54, 1.807) is 12.1 Å². The highest BCUT2D eigenvalue weighted by molar-refractivity contribution is 6.11. The van der Waals surface area contributed by atoms with Crippen LogP contribution < -0.4 is 5.32 Å². The van der Waals surface area contributed by atoms with Gasteiger partial charge >= 0.3 is 6.03 Å². The summed E-state index contributed by atoms with van der Waals surface area (Å²) in [6, 6.07) is 5.59. The monoisotopic (exact) mass is 234 g/mol. The molecule has 3 N–H and O–H groups in total. The third-order valence-electron chi connectivity index (χ3n) is 3.46. The van der Waals surface area contributed by atoms with Crippen LogP contribution in [0.15, 0.2) is 24.3 Å². The Morgan fingerprint density at radius 2 is 1.88 bits per heavy atom. The number of hydrogen-bond donors (Lipinski definition) is 3. The van der Waals surface area contributed by atoms with Gasteiger partial charge in [0.05, 0.1) is 0 Å². The Bertz CT molecular complexity index is 558. The van der Waals surface area contributed by atoms with Gasteiger partial charge < -0.3 is 10.2 Å². The third kappa shape index (κ3) is 0.853. The smallest absolute Gasteiger partial charge is 0.322 e. The zero-order chi connectivity index (χ0) is 12.4. The zero-order valence-electron chi connectivity index (χ0n) is 8.97. The standard InChI is InChI=1S/C11H10N2O4/c1-13-9(15)12-10(16)8(14)6-4-2-3-5-7(6)11(10,13)17/h2-5,16-17H,1H3,(H,12,15)/t10-,11+/m0/s1. The number of likely N-dealkylation sites (N-methyl/N-ethyl adjacent to an activating group) is 1. The van der Waals surface area contributed by atoms with E-state index in [9.17, 15) is 19.8 Å². The normalized spacial score (nSPS) is 34.6. The van der Waals surface area contributed by atoms with Crippen LogP contribution in [0.2, 0.25) is 0 Å². The molecule has 2 aliphatic rings. The number of nitrogens with one attached hydrogen (secondary N) is 1. The first-order valence-electron chi connectivity index (χ1n) is 5.08. The number of aliphatic hydroxyl groups is 2. The first kappa shape index (κ1) is 10.2. The van der Waals surface area contributed by atoms with Crippen LogP contribution in [0.25, 0.3) is 0 Å². The van der Waals surface area contributed by atoms with Crippen molar-refractivity contribution in [2.75, 3.05) is 7.05 Å². The molecule has 1 fully saturated rings. The fourth-order valence-corrected chi connectivity index (χ4v) is 2.49. The molecular formula is C11H10N2O4. The van der Waals surface area contributed by atoms with E-state index in [4.69, 9.17) is 0 Å². The van der Waals surface area contributed by atoms with Gasteiger partial charge in [-0.15, -0.1) is 0 Å². The molecule has 1 aromatic carbocycles. The van der Waals surface area contributed by atoms with Crippen molar-refractivity contribution in [3.05, 3.63) is 35.4 Å². The maximum absolute atomic E-state index is 12.0. The fraction of sp³-hybridized carbons (Fsp3) is 0.273. The predicted octanol–water partition coefficient (Wildman–Crippen LogP) is -0.628. The Morgan fingerprint density at radius 3 is 2.59 bits per heavy atom. The maximum atomic E-state index is 12.0. The van der Waals surface area contributed by atoms with E-state index < -0.39 is 23.3 Å². The Kier molecular flexibility index (Phi) is 1.60. The van der Waals surface area contributed by atoms with Crippen LogP contribution in [-0.4, -0.2) is 39.7 Å². The molecule has 17 heavy (non-hydrogen) atoms. The van der Waals surface area contributed by atoms with E-state index in [1.165, 1.54) is 19.2 Å². The molecule has 1 aromatic rings. The lowest BCUT2D eigenvalue weighted by atomic mass is 10.00. The second kappa shape index (κ2) is 2.66. The van der Waals surface area contributed by atoms with Gasteiger partial charge in [0, 0.05) is 18.2 Å². The highest BCUT2D eigenvalue weighted by atomic mass is 16.4. The molecule has 1 saturated heterocycles. The molecule has 2 atom stereocenters. The van der Waals surface area contributed by atoms with Crippen LogP contribution in [0, 0.1) is 0 Å². The summed E-state index contributed by atoms with van der Waals surface area (Å²) in [6.07, 6.45) is 0. The van der Waals surface area contributed by atoms with E-state index >= 15 is 0 Å². The second-order valence-electron chi connectivity index (χ2n) is 4.25. The van der Waals surface area contributed by atoms with Gasteiger partial charge in [-0.1, -0.05) is 24.3 Å². The SMILES string of the molecule is CN1C(=O)N[C@]2(O)C(=O)c3ccccc3[C@]12O. The van der Waals surface area contributed by atoms with Crippen LogP contribution in [-0.2, 0) is 5.72 Å². The molecule has 1 aliphatic carbocycles. The molecule has 0 saturated carbocycles. The minimum atomic E-state index is -2.30. The van der Waals surface area contributed by atoms with Crippen molar-refractivity contribution >= 4 is 11.8 Å². The van der Waals surface area contributed by atoms with Gasteiger partial charge in [0.2, 0.25) is 11.5 Å². The number of benzene rings is 1. The fourth-order valence-electron chi connectivity index (χ4n) is 2.49. The molecule has 0 bridgehead atoms. The van der Waals surface area contributed by atoms with E-state index in [0.717, 1.165) is 4.90 Å². The Labute approximate surface area is 96.5 Å². The van der Waals surface area contributed by atoms with Gasteiger partial charge in [0.25, 0.3) is 5.72 Å². The number of nitrogens with zero attached hydrogens (tertiary/aromatic N) is 1. The average Bonchev–Trinajstić information content (AvgIpc) is 2.60. The summed E-state index contributed by atoms with van der Waals surface area (Å²) in [4.78, 5) is 24.5. The summed E-state index contributed by atoms with van der Waals surface area (Å²) in [5.74, 6) is -0.701. The lowest BCUT2D eigenvalue weighted by Gasteiger charge is -2.32. The molecule has 88 valence electrons. The molecule has 0 unspecified atom stereocenters. The van der Waals surface area contributed by atoms with Crippen LogP contribution in [0.1, 0.15) is 15.9 Å². The number of amides is 2. The molecule has 1 heterocycles. The molecule has 1 aliphatic heterocycles. The topological polar surface area (TPSA) is 89.9 Å². The van der Waals surface area contributed by atoms with E-state index in [1.807, 2.05) is 0 Å². The molecule has 0 radical (unpaired) electrons. The van der Waals surface area contributed by atoms with Crippen molar-refractivity contribution in [1.82, 2.24) is 10.2 Å². The van der Waals surface area contributed by atoms with Crippen LogP contribution in [0.4, 0.5) is 4.79 Å². The van der Waals surface area contributed by atoms with Crippen LogP contribution >= 0.6 is 0 Å². The van der Waals surface area contributed by atoms with E-state index in [0.29, 0.717) is 0 Å². The molecule has 3 rings (SSSR count). The van der Waals surface area contributed by atoms with Gasteiger partial charge in [-0.3, -0.25) is 15.0 Å². The van der Waals surface area contributed by atoms with Crippen molar-refractivity contribution in [3.8, 4) is 0 Å². The molecule has 6 nitrogen and oxygen atoms in total. The van der Waals surface area contributed by atoms with E-state index in [-0.39, 0.29) is 11.1 Å². The Hall–Kier alpha value is -1.92. The Balaban J connectivity index is 2.35. The number of fused-ring (bicyclic) bond motifs is 3. The molecular weight excluding hydrogens is 224 g/mol. The van der Waals surface area contributed by atoms with Gasteiger partial charge in [-0.2, -0.15) is 0 Å². The number of hydrogen-bond acceptors (Lipinski definition) is 4. The molecule has 0 aromatic heterocycles. The maximum Gasteiger partial charge on any atom is 0.322 e. The Morgan fingerprint density at radius 1 is 1.24 bits per heavy atom. The van der Waals surface area contributed by atoms with Crippen molar-refractivity contribution < 1.29 is 19.8 Å². The quantitative estimate of drug-likeness (QED) is 0.557. The number of Topliss-reactive ketones (excluding diaryl/α,β-unsaturated/α-hetero) is 1. The van der Waals surface area contributed by atoms with Crippen LogP contribution in [0.5, 0.6) is 0 Å². The van der Waals surface area contributed by atoms with Crippen molar-refractivity contribution in [2.45, 2.75) is 11.4 Å².